The molecule has 4 heterocycles. The molecule has 0 unspecified atom stereocenters. The summed E-state index contributed by atoms with van der Waals surface area (Å²) in [5.41, 5.74) is 27.3. The van der Waals surface area contributed by atoms with Crippen LogP contribution in [0.15, 0.2) is 243 Å². The number of nitrogens with zero attached hydrogens (tertiary/aromatic N) is 4. The highest BCUT2D eigenvalue weighted by molar-refractivity contribution is 7.00. The summed E-state index contributed by atoms with van der Waals surface area (Å²) in [4.78, 5) is 5.40. The van der Waals surface area contributed by atoms with Gasteiger partial charge in [-0.1, -0.05) is 205 Å². The van der Waals surface area contributed by atoms with Crippen molar-refractivity contribution in [3.8, 4) is 33.6 Å². The lowest BCUT2D eigenvalue weighted by molar-refractivity contribution is 0.590. The van der Waals surface area contributed by atoms with Crippen molar-refractivity contribution in [2.24, 2.45) is 0 Å². The number of hydrogen-bond donors (Lipinski definition) is 0. The highest BCUT2D eigenvalue weighted by Crippen LogP contribution is 2.50. The van der Waals surface area contributed by atoms with Crippen LogP contribution in [0.4, 0.5) is 34.1 Å². The van der Waals surface area contributed by atoms with E-state index in [0.717, 1.165) is 49.9 Å². The van der Waals surface area contributed by atoms with Gasteiger partial charge < -0.3 is 18.9 Å². The van der Waals surface area contributed by atoms with E-state index in [9.17, 15) is 0 Å². The average Bonchev–Trinajstić information content (AvgIpc) is 2.19. The summed E-state index contributed by atoms with van der Waals surface area (Å²) < 4.78 is 5.00. The van der Waals surface area contributed by atoms with Gasteiger partial charge in [-0.15, -0.1) is 0 Å². The van der Waals surface area contributed by atoms with E-state index in [-0.39, 0.29) is 12.1 Å². The Morgan fingerprint density at radius 2 is 0.711 bits per heavy atom. The van der Waals surface area contributed by atoms with Crippen LogP contribution in [0.2, 0.25) is 0 Å². The minimum Gasteiger partial charge on any atom is -0.311 e. The van der Waals surface area contributed by atoms with Gasteiger partial charge in [0.25, 0.3) is 6.71 Å². The van der Waals surface area contributed by atoms with Crippen LogP contribution in [0.1, 0.15) is 77.0 Å². The Morgan fingerprint density at radius 3 is 1.08 bits per heavy atom. The molecule has 0 atom stereocenters. The predicted octanol–water partition coefficient (Wildman–Crippen LogP) is 19.3. The maximum Gasteiger partial charge on any atom is 0.252 e. The number of hydrogen-bond acceptors (Lipinski definition) is 2. The third-order valence-electron chi connectivity index (χ3n) is 18.0. The van der Waals surface area contributed by atoms with Crippen molar-refractivity contribution < 1.29 is 0 Å². The molecule has 0 spiro atoms. The first-order valence-electron chi connectivity index (χ1n) is 30.2. The fourth-order valence-corrected chi connectivity index (χ4v) is 14.0. The van der Waals surface area contributed by atoms with Gasteiger partial charge in [0.1, 0.15) is 0 Å². The first-order chi connectivity index (χ1) is 40.7. The van der Waals surface area contributed by atoms with E-state index >= 15 is 0 Å². The zero-order valence-corrected chi connectivity index (χ0v) is 48.2. The van der Waals surface area contributed by atoms with Crippen LogP contribution in [-0.2, 0) is 18.3 Å². The van der Waals surface area contributed by atoms with Gasteiger partial charge in [0, 0.05) is 67.0 Å². The molecule has 2 aliphatic rings. The number of aryl methyl sites for hydroxylation is 2. The number of unbranched alkanes of at least 4 members (excludes halogenated alkanes) is 2. The molecule has 402 valence electrons. The van der Waals surface area contributed by atoms with E-state index in [4.69, 9.17) is 0 Å². The molecule has 2 aliphatic heterocycles. The fraction of sp³-hybridized carbons (Fsp3) is 0.154. The van der Waals surface area contributed by atoms with Crippen LogP contribution in [0, 0.1) is 0 Å². The molecule has 15 rings (SSSR count). The highest BCUT2D eigenvalue weighted by atomic mass is 15.2. The molecule has 13 aromatic rings. The van der Waals surface area contributed by atoms with Gasteiger partial charge in [-0.05, 0) is 171 Å². The van der Waals surface area contributed by atoms with Gasteiger partial charge in [-0.2, -0.15) is 0 Å². The number of fused-ring (bicyclic) bond motifs is 10. The normalized spacial score (nSPS) is 12.9. The molecule has 4 nitrogen and oxygen atoms in total. The van der Waals surface area contributed by atoms with E-state index in [1.165, 1.54) is 133 Å². The zero-order chi connectivity index (χ0) is 55.9. The maximum absolute atomic E-state index is 2.70. The molecule has 11 aromatic carbocycles. The van der Waals surface area contributed by atoms with Crippen LogP contribution in [0.3, 0.4) is 0 Å². The minimum atomic E-state index is -0.195. The van der Waals surface area contributed by atoms with Crippen LogP contribution < -0.4 is 26.2 Å². The first-order valence-corrected chi connectivity index (χ1v) is 30.2. The van der Waals surface area contributed by atoms with Crippen LogP contribution in [-0.4, -0.2) is 15.8 Å². The Hall–Kier alpha value is -9.32. The SMILES string of the molecule is CCCCc1cc(-c2ccccc2)ccc1N1c2cc(-n3c4ccccc4c4ccccc43)ccc2B2c3ccc(-n4c5ccccc5c5ccccc54)cc3N(c3ccc(-c4ccccc4)cc3CCCC)c3cc(C(C)(C)C)cc1c32. The minimum absolute atomic E-state index is 0.0868. The van der Waals surface area contributed by atoms with Crippen molar-refractivity contribution in [3.63, 3.8) is 0 Å². The average molecular weight is 1070 g/mol. The highest BCUT2D eigenvalue weighted by Gasteiger charge is 2.45. The number of anilines is 6. The van der Waals surface area contributed by atoms with Gasteiger partial charge in [0.05, 0.1) is 22.1 Å². The van der Waals surface area contributed by atoms with Gasteiger partial charge in [0.15, 0.2) is 0 Å². The van der Waals surface area contributed by atoms with Gasteiger partial charge in [0.2, 0.25) is 0 Å². The molecule has 0 amide bonds. The largest absolute Gasteiger partial charge is 0.311 e. The quantitative estimate of drug-likeness (QED) is 0.113. The van der Waals surface area contributed by atoms with Crippen molar-refractivity contribution in [2.75, 3.05) is 9.80 Å². The molecular formula is C78H67BN4. The number of para-hydroxylation sites is 4. The van der Waals surface area contributed by atoms with Crippen molar-refractivity contribution >= 4 is 101 Å². The number of rotatable bonds is 12. The van der Waals surface area contributed by atoms with Gasteiger partial charge in [-0.3, -0.25) is 0 Å². The summed E-state index contributed by atoms with van der Waals surface area (Å²) in [6, 6.07) is 92.2. The summed E-state index contributed by atoms with van der Waals surface area (Å²) in [7, 11) is 0. The summed E-state index contributed by atoms with van der Waals surface area (Å²) in [5, 5.41) is 5.04. The molecule has 0 bridgehead atoms. The molecule has 5 heteroatoms. The second-order valence-electron chi connectivity index (χ2n) is 24.1. The molecule has 83 heavy (non-hydrogen) atoms. The van der Waals surface area contributed by atoms with E-state index in [1.54, 1.807) is 0 Å². The lowest BCUT2D eigenvalue weighted by atomic mass is 9.33. The van der Waals surface area contributed by atoms with Crippen molar-refractivity contribution in [3.05, 3.63) is 259 Å². The Bertz CT molecular complexity index is 4260. The molecule has 0 aliphatic carbocycles. The van der Waals surface area contributed by atoms with E-state index < -0.39 is 0 Å². The predicted molar refractivity (Wildman–Crippen MR) is 356 cm³/mol. The summed E-state index contributed by atoms with van der Waals surface area (Å²) in [6.07, 6.45) is 6.31. The maximum atomic E-state index is 2.70. The monoisotopic (exact) mass is 1070 g/mol. The molecule has 0 saturated carbocycles. The van der Waals surface area contributed by atoms with Gasteiger partial charge >= 0.3 is 0 Å². The van der Waals surface area contributed by atoms with Crippen molar-refractivity contribution in [2.45, 2.75) is 78.6 Å². The summed E-state index contributed by atoms with van der Waals surface area (Å²) in [6.45, 7) is 11.7. The van der Waals surface area contributed by atoms with Crippen molar-refractivity contribution in [1.29, 1.82) is 0 Å². The zero-order valence-electron chi connectivity index (χ0n) is 48.2. The Morgan fingerprint density at radius 1 is 0.337 bits per heavy atom. The molecule has 0 radical (unpaired) electrons. The van der Waals surface area contributed by atoms with Crippen LogP contribution in [0.5, 0.6) is 0 Å². The molecule has 0 N–H and O–H groups in total. The Kier molecular flexibility index (Phi) is 12.4. The number of aromatic nitrogens is 2. The third kappa shape index (κ3) is 8.34. The molecule has 0 fully saturated rings. The lowest BCUT2D eigenvalue weighted by Crippen LogP contribution is -2.61. The second-order valence-corrected chi connectivity index (χ2v) is 24.1. The van der Waals surface area contributed by atoms with Gasteiger partial charge in [-0.25, -0.2) is 0 Å². The van der Waals surface area contributed by atoms with E-state index in [0.29, 0.717) is 0 Å². The van der Waals surface area contributed by atoms with Crippen molar-refractivity contribution in [1.82, 2.24) is 9.13 Å². The molecule has 2 aromatic heterocycles. The van der Waals surface area contributed by atoms with E-state index in [1.807, 2.05) is 0 Å². The third-order valence-corrected chi connectivity index (χ3v) is 18.0. The lowest BCUT2D eigenvalue weighted by Gasteiger charge is -2.46. The fourth-order valence-electron chi connectivity index (χ4n) is 14.0. The first kappa shape index (κ1) is 50.6. The number of benzene rings is 11. The molecule has 0 saturated heterocycles. The topological polar surface area (TPSA) is 16.3 Å². The van der Waals surface area contributed by atoms with Crippen LogP contribution >= 0.6 is 0 Å². The Balaban J connectivity index is 1.06. The summed E-state index contributed by atoms with van der Waals surface area (Å²) >= 11 is 0. The second kappa shape index (κ2) is 20.3. The smallest absolute Gasteiger partial charge is 0.252 e. The van der Waals surface area contributed by atoms with E-state index in [2.05, 4.69) is 296 Å². The summed E-state index contributed by atoms with van der Waals surface area (Å²) in [5.74, 6) is 0. The van der Waals surface area contributed by atoms with Crippen LogP contribution in [0.25, 0.3) is 77.2 Å². The molecular weight excluding hydrogens is 1000 g/mol. The Labute approximate surface area is 488 Å². The standard InChI is InChI=1S/C78H67BN4/c1-6-8-24-56-46-54(52-26-12-10-13-27-52)38-44-67(56)82-73-50-59(80-69-34-20-16-30-61(69)62-31-17-21-35-70(62)80)40-42-65(73)79-66-43-41-60(81-71-36-22-18-32-63(71)64-33-19-23-37-72(64)81)51-74(66)83(76-49-58(78(3,4)5)48-75(82)77(76)79)68-45-39-55(47-57(68)25-9-7-2)53-28-14-11-15-29-53/h10-23,26-51H,6-9,24-25H2,1-5H3.